The van der Waals surface area contributed by atoms with Gasteiger partial charge in [-0.2, -0.15) is 0 Å². The van der Waals surface area contributed by atoms with Crippen LogP contribution in [0.5, 0.6) is 0 Å². The highest BCUT2D eigenvalue weighted by atomic mass is 16.3. The summed E-state index contributed by atoms with van der Waals surface area (Å²) in [7, 11) is 7.49. The summed E-state index contributed by atoms with van der Waals surface area (Å²) in [6, 6.07) is 4.89. The number of carbonyl (C=O) groups is 1. The largest absolute Gasteiger partial charge is 0.379 e. The van der Waals surface area contributed by atoms with Crippen molar-refractivity contribution < 1.29 is 9.90 Å². The maximum absolute atomic E-state index is 11.5. The van der Waals surface area contributed by atoms with Crippen molar-refractivity contribution >= 4 is 13.8 Å². The lowest BCUT2D eigenvalue weighted by molar-refractivity contribution is -0.106. The molecule has 1 aromatic rings. The molecule has 0 bridgehead atoms. The van der Waals surface area contributed by atoms with Crippen molar-refractivity contribution in [3.63, 3.8) is 0 Å². The van der Waals surface area contributed by atoms with Gasteiger partial charge in [-0.25, -0.2) is 4.98 Å². The number of pyridine rings is 1. The molecule has 6 heteroatoms. The van der Waals surface area contributed by atoms with Gasteiger partial charge in [0.25, 0.3) is 5.91 Å². The lowest BCUT2D eigenvalue weighted by Gasteiger charge is -2.48. The fourth-order valence-electron chi connectivity index (χ4n) is 2.16. The van der Waals surface area contributed by atoms with E-state index in [0.717, 1.165) is 19.5 Å². The predicted octanol–water partition coefficient (Wildman–Crippen LogP) is 2.11. The molecule has 1 amide bonds. The van der Waals surface area contributed by atoms with E-state index in [1.54, 1.807) is 23.1 Å². The Kier molecular flexibility index (Phi) is 9.76. The second-order valence-electron chi connectivity index (χ2n) is 4.89. The minimum Gasteiger partial charge on any atom is -0.379 e. The van der Waals surface area contributed by atoms with Gasteiger partial charge in [-0.1, -0.05) is 47.1 Å². The first-order valence-electron chi connectivity index (χ1n) is 8.45. The number of likely N-dealkylation sites (tertiary alicyclic amines) is 1. The van der Waals surface area contributed by atoms with E-state index in [1.807, 2.05) is 27.7 Å². The summed E-state index contributed by atoms with van der Waals surface area (Å²) in [5.41, 5.74) is -1.07. The topological polar surface area (TPSA) is 65.5 Å². The Hall–Kier alpha value is -1.40. The average molecular weight is 319 g/mol. The Morgan fingerprint density at radius 1 is 1.39 bits per heavy atom. The summed E-state index contributed by atoms with van der Waals surface area (Å²) < 4.78 is 0. The van der Waals surface area contributed by atoms with Crippen LogP contribution in [0.1, 0.15) is 57.2 Å². The average Bonchev–Trinajstić information content (AvgIpc) is 2.56. The van der Waals surface area contributed by atoms with Crippen molar-refractivity contribution in [2.75, 3.05) is 20.1 Å². The first-order valence-corrected chi connectivity index (χ1v) is 8.45. The van der Waals surface area contributed by atoms with Crippen molar-refractivity contribution in [1.29, 1.82) is 0 Å². The summed E-state index contributed by atoms with van der Waals surface area (Å²) in [5, 5.41) is 12.9. The first-order chi connectivity index (χ1) is 11.0. The maximum atomic E-state index is 11.5. The van der Waals surface area contributed by atoms with Gasteiger partial charge >= 0.3 is 0 Å². The van der Waals surface area contributed by atoms with Crippen molar-refractivity contribution in [1.82, 2.24) is 15.2 Å². The molecule has 1 atom stereocenters. The molecule has 23 heavy (non-hydrogen) atoms. The zero-order valence-corrected chi connectivity index (χ0v) is 15.3. The molecular formula is C17H30BN3O2. The highest BCUT2D eigenvalue weighted by Gasteiger charge is 2.39. The maximum Gasteiger partial charge on any atom is 0.269 e. The van der Waals surface area contributed by atoms with Gasteiger partial charge in [-0.3, -0.25) is 9.69 Å². The van der Waals surface area contributed by atoms with Crippen LogP contribution in [0.2, 0.25) is 0 Å². The Balaban J connectivity index is 0.00000112. The van der Waals surface area contributed by atoms with Crippen LogP contribution >= 0.6 is 0 Å². The second kappa shape index (κ2) is 10.4. The van der Waals surface area contributed by atoms with Crippen LogP contribution in [0, 0.1) is 5.92 Å². The molecule has 0 aliphatic carbocycles. The van der Waals surface area contributed by atoms with Gasteiger partial charge in [0, 0.05) is 20.1 Å². The molecule has 2 heterocycles. The monoisotopic (exact) mass is 319 g/mol. The molecule has 0 spiro atoms. The van der Waals surface area contributed by atoms with E-state index < -0.39 is 5.62 Å². The van der Waals surface area contributed by atoms with Gasteiger partial charge in [-0.15, -0.1) is 0 Å². The number of amides is 1. The minimum absolute atomic E-state index is 0.247. The quantitative estimate of drug-likeness (QED) is 0.834. The van der Waals surface area contributed by atoms with Crippen molar-refractivity contribution in [2.45, 2.75) is 46.7 Å². The highest BCUT2D eigenvalue weighted by molar-refractivity contribution is 6.14. The molecular weight excluding hydrogens is 289 g/mol. The van der Waals surface area contributed by atoms with Crippen molar-refractivity contribution in [2.24, 2.45) is 5.92 Å². The van der Waals surface area contributed by atoms with Gasteiger partial charge in [-0.05, 0) is 18.1 Å². The zero-order valence-electron chi connectivity index (χ0n) is 15.3. The van der Waals surface area contributed by atoms with E-state index in [2.05, 4.69) is 17.2 Å². The van der Waals surface area contributed by atoms with Crippen LogP contribution in [0.15, 0.2) is 18.2 Å². The molecule has 0 saturated carbocycles. The van der Waals surface area contributed by atoms with Crippen LogP contribution in [0.3, 0.4) is 0 Å². The van der Waals surface area contributed by atoms with Crippen LogP contribution in [0.25, 0.3) is 0 Å². The van der Waals surface area contributed by atoms with Gasteiger partial charge in [0.1, 0.15) is 19.2 Å². The Labute approximate surface area is 141 Å². The van der Waals surface area contributed by atoms with E-state index >= 15 is 0 Å². The molecule has 1 fully saturated rings. The van der Waals surface area contributed by atoms with E-state index in [1.165, 1.54) is 7.05 Å². The third-order valence-electron chi connectivity index (χ3n) is 3.60. The summed E-state index contributed by atoms with van der Waals surface area (Å²) in [4.78, 5) is 17.4. The molecule has 2 radical (unpaired) electrons. The van der Waals surface area contributed by atoms with Crippen molar-refractivity contribution in [3.8, 4) is 0 Å². The minimum atomic E-state index is -1.62. The lowest BCUT2D eigenvalue weighted by atomic mass is 9.80. The number of aromatic nitrogens is 1. The number of nitrogens with zero attached hydrogens (tertiary/aromatic N) is 2. The highest BCUT2D eigenvalue weighted by Crippen LogP contribution is 2.30. The summed E-state index contributed by atoms with van der Waals surface area (Å²) in [6.45, 7) is 11.6. The molecule has 0 aromatic carbocycles. The van der Waals surface area contributed by atoms with Gasteiger partial charge < -0.3 is 10.4 Å². The van der Waals surface area contributed by atoms with E-state index in [9.17, 15) is 9.90 Å². The number of hydrogen-bond acceptors (Lipinski definition) is 4. The van der Waals surface area contributed by atoms with E-state index in [4.69, 9.17) is 7.85 Å². The number of aliphatic hydroxyl groups is 1. The van der Waals surface area contributed by atoms with Crippen LogP contribution in [0.4, 0.5) is 0 Å². The Morgan fingerprint density at radius 2 is 1.96 bits per heavy atom. The van der Waals surface area contributed by atoms with Gasteiger partial charge in [0.05, 0.1) is 5.69 Å². The molecule has 1 aliphatic heterocycles. The standard InChI is InChI=1S/C13H18BN3O2.2C2H6/c1-3-9-7-17(8-9)13(14,19)11-6-4-5-10(16-11)12(18)15-2;2*1-2/h4-6,9,19H,3,7-8H2,1-2H3,(H,15,18);2*1-2H3. The fraction of sp³-hybridized carbons (Fsp3) is 0.647. The summed E-state index contributed by atoms with van der Waals surface area (Å²) >= 11 is 0. The first kappa shape index (κ1) is 21.6. The third-order valence-corrected chi connectivity index (χ3v) is 3.60. The third kappa shape index (κ3) is 5.32. The number of carbonyl (C=O) groups excluding carboxylic acids is 1. The number of nitrogens with one attached hydrogen (secondary N) is 1. The van der Waals surface area contributed by atoms with Crippen LogP contribution in [-0.2, 0) is 5.62 Å². The zero-order chi connectivity index (χ0) is 18.0. The molecule has 128 valence electrons. The Bertz CT molecular complexity index is 475. The molecule has 5 nitrogen and oxygen atoms in total. The van der Waals surface area contributed by atoms with Crippen LogP contribution in [-0.4, -0.2) is 48.9 Å². The second-order valence-corrected chi connectivity index (χ2v) is 4.89. The molecule has 1 aromatic heterocycles. The summed E-state index contributed by atoms with van der Waals surface area (Å²) in [5.74, 6) is 0.268. The molecule has 1 saturated heterocycles. The van der Waals surface area contributed by atoms with E-state index in [-0.39, 0.29) is 11.6 Å². The van der Waals surface area contributed by atoms with Gasteiger partial charge in [0.15, 0.2) is 0 Å². The Morgan fingerprint density at radius 3 is 2.43 bits per heavy atom. The molecule has 1 unspecified atom stereocenters. The normalized spacial score (nSPS) is 16.7. The molecule has 2 rings (SSSR count). The molecule has 2 N–H and O–H groups in total. The van der Waals surface area contributed by atoms with Crippen LogP contribution < -0.4 is 5.32 Å². The SMILES string of the molecule is CC.CC.[B]C(O)(c1cccc(C(=O)NC)n1)N1CC(CC)C1. The number of rotatable bonds is 4. The lowest BCUT2D eigenvalue weighted by Crippen LogP contribution is -2.58. The molecule has 1 aliphatic rings. The summed E-state index contributed by atoms with van der Waals surface area (Å²) in [6.07, 6.45) is 1.07. The predicted molar refractivity (Wildman–Crippen MR) is 95.3 cm³/mol. The fourth-order valence-corrected chi connectivity index (χ4v) is 2.16. The number of hydrogen-bond donors (Lipinski definition) is 2. The van der Waals surface area contributed by atoms with Crippen molar-refractivity contribution in [3.05, 3.63) is 29.6 Å². The smallest absolute Gasteiger partial charge is 0.269 e. The van der Waals surface area contributed by atoms with Gasteiger partial charge in [0.2, 0.25) is 0 Å². The van der Waals surface area contributed by atoms with E-state index in [0.29, 0.717) is 11.6 Å².